The van der Waals surface area contributed by atoms with Gasteiger partial charge in [-0.2, -0.15) is 0 Å². The highest BCUT2D eigenvalue weighted by atomic mass is 16.6. The fraction of sp³-hybridized carbons (Fsp3) is 0.500. The number of anilines is 1. The smallest absolute Gasteiger partial charge is 0.409 e. The number of likely N-dealkylation sites (tertiary alicyclic amines) is 2. The number of imide groups is 1. The lowest BCUT2D eigenvalue weighted by atomic mass is 9.96. The molecule has 3 rings (SSSR count). The number of ether oxygens (including phenoxy) is 1. The average molecular weight is 387 g/mol. The molecule has 0 spiro atoms. The molecule has 2 heterocycles. The van der Waals surface area contributed by atoms with Crippen molar-refractivity contribution >= 4 is 29.5 Å². The number of hydrogen-bond acceptors (Lipinski definition) is 5. The van der Waals surface area contributed by atoms with Gasteiger partial charge in [0, 0.05) is 37.5 Å². The molecule has 1 aromatic carbocycles. The Morgan fingerprint density at radius 2 is 1.68 bits per heavy atom. The number of hydrogen-bond donors (Lipinski definition) is 1. The van der Waals surface area contributed by atoms with E-state index in [2.05, 4.69) is 5.32 Å². The summed E-state index contributed by atoms with van der Waals surface area (Å²) >= 11 is 0. The minimum absolute atomic E-state index is 0.0684. The van der Waals surface area contributed by atoms with Crippen LogP contribution in [0.3, 0.4) is 0 Å². The second-order valence-corrected chi connectivity index (χ2v) is 7.02. The van der Waals surface area contributed by atoms with Gasteiger partial charge in [0.25, 0.3) is 0 Å². The number of carbonyl (C=O) groups excluding carboxylic acids is 4. The molecule has 0 saturated carbocycles. The van der Waals surface area contributed by atoms with Gasteiger partial charge < -0.3 is 15.0 Å². The molecule has 0 unspecified atom stereocenters. The molecular formula is C20H25N3O5. The first-order valence-electron chi connectivity index (χ1n) is 9.62. The predicted molar refractivity (Wildman–Crippen MR) is 101 cm³/mol. The van der Waals surface area contributed by atoms with E-state index in [0.29, 0.717) is 38.2 Å². The first-order chi connectivity index (χ1) is 13.5. The standard InChI is InChI=1S/C20H25N3O5/c1-2-28-20(27)22-11-9-15(10-12-22)19(26)21-16-5-3-14(4-6-16)13-23-17(24)7-8-18(23)25/h3-6,15H,2,7-13H2,1H3,(H,21,26). The van der Waals surface area contributed by atoms with Gasteiger partial charge in [-0.05, 0) is 37.5 Å². The average Bonchev–Trinajstić information content (AvgIpc) is 3.01. The van der Waals surface area contributed by atoms with Gasteiger partial charge >= 0.3 is 6.09 Å². The first kappa shape index (κ1) is 19.9. The summed E-state index contributed by atoms with van der Waals surface area (Å²) in [5.41, 5.74) is 1.50. The Bertz CT molecular complexity index is 738. The summed E-state index contributed by atoms with van der Waals surface area (Å²) in [6.45, 7) is 3.39. The molecule has 1 N–H and O–H groups in total. The van der Waals surface area contributed by atoms with Crippen LogP contribution in [0.4, 0.5) is 10.5 Å². The van der Waals surface area contributed by atoms with Crippen LogP contribution in [0.25, 0.3) is 0 Å². The van der Waals surface area contributed by atoms with Crippen molar-refractivity contribution in [2.24, 2.45) is 5.92 Å². The fourth-order valence-electron chi connectivity index (χ4n) is 3.46. The minimum Gasteiger partial charge on any atom is -0.450 e. The van der Waals surface area contributed by atoms with E-state index < -0.39 is 0 Å². The zero-order valence-electron chi connectivity index (χ0n) is 16.0. The molecule has 0 atom stereocenters. The van der Waals surface area contributed by atoms with E-state index in [4.69, 9.17) is 4.74 Å². The van der Waals surface area contributed by atoms with E-state index in [1.54, 1.807) is 36.1 Å². The number of amides is 4. The van der Waals surface area contributed by atoms with Crippen LogP contribution in [0.2, 0.25) is 0 Å². The summed E-state index contributed by atoms with van der Waals surface area (Å²) < 4.78 is 4.99. The number of nitrogens with zero attached hydrogens (tertiary/aromatic N) is 2. The molecule has 4 amide bonds. The van der Waals surface area contributed by atoms with Gasteiger partial charge in [0.2, 0.25) is 17.7 Å². The monoisotopic (exact) mass is 387 g/mol. The first-order valence-corrected chi connectivity index (χ1v) is 9.62. The Hall–Kier alpha value is -2.90. The molecule has 2 fully saturated rings. The van der Waals surface area contributed by atoms with Crippen molar-refractivity contribution in [2.75, 3.05) is 25.0 Å². The van der Waals surface area contributed by atoms with Gasteiger partial charge in [0.05, 0.1) is 13.2 Å². The summed E-state index contributed by atoms with van der Waals surface area (Å²) in [4.78, 5) is 50.5. The lowest BCUT2D eigenvalue weighted by Gasteiger charge is -2.30. The summed E-state index contributed by atoms with van der Waals surface area (Å²) in [6.07, 6.45) is 1.43. The van der Waals surface area contributed by atoms with Gasteiger partial charge in [-0.15, -0.1) is 0 Å². The molecule has 0 radical (unpaired) electrons. The van der Waals surface area contributed by atoms with Gasteiger partial charge in [-0.25, -0.2) is 4.79 Å². The third-order valence-corrected chi connectivity index (χ3v) is 5.11. The highest BCUT2D eigenvalue weighted by Gasteiger charge is 2.29. The molecule has 1 aromatic rings. The lowest BCUT2D eigenvalue weighted by Crippen LogP contribution is -2.41. The van der Waals surface area contributed by atoms with Crippen LogP contribution in [-0.2, 0) is 25.7 Å². The van der Waals surface area contributed by atoms with E-state index in [1.807, 2.05) is 0 Å². The molecule has 2 aliphatic heterocycles. The van der Waals surface area contributed by atoms with Gasteiger partial charge in [0.1, 0.15) is 0 Å². The normalized spacial score (nSPS) is 17.8. The fourth-order valence-corrected chi connectivity index (χ4v) is 3.46. The second kappa shape index (κ2) is 8.86. The number of piperidine rings is 1. The Kier molecular flexibility index (Phi) is 6.28. The van der Waals surface area contributed by atoms with Crippen molar-refractivity contribution in [2.45, 2.75) is 39.2 Å². The molecule has 2 aliphatic rings. The van der Waals surface area contributed by atoms with E-state index >= 15 is 0 Å². The maximum absolute atomic E-state index is 12.5. The quantitative estimate of drug-likeness (QED) is 0.781. The largest absolute Gasteiger partial charge is 0.450 e. The third kappa shape index (κ3) is 4.68. The van der Waals surface area contributed by atoms with Crippen molar-refractivity contribution in [3.8, 4) is 0 Å². The molecule has 8 heteroatoms. The highest BCUT2D eigenvalue weighted by molar-refractivity contribution is 6.01. The predicted octanol–water partition coefficient (Wildman–Crippen LogP) is 2.14. The van der Waals surface area contributed by atoms with Gasteiger partial charge in [-0.1, -0.05) is 12.1 Å². The van der Waals surface area contributed by atoms with E-state index in [0.717, 1.165) is 5.56 Å². The zero-order chi connectivity index (χ0) is 20.1. The van der Waals surface area contributed by atoms with Crippen LogP contribution in [-0.4, -0.2) is 53.3 Å². The topological polar surface area (TPSA) is 96.0 Å². The summed E-state index contributed by atoms with van der Waals surface area (Å²) in [5.74, 6) is -0.501. The van der Waals surface area contributed by atoms with Crippen molar-refractivity contribution in [3.05, 3.63) is 29.8 Å². The van der Waals surface area contributed by atoms with Crippen LogP contribution in [0.5, 0.6) is 0 Å². The SMILES string of the molecule is CCOC(=O)N1CCC(C(=O)Nc2ccc(CN3C(=O)CCC3=O)cc2)CC1. The van der Waals surface area contributed by atoms with E-state index in [9.17, 15) is 19.2 Å². The van der Waals surface area contributed by atoms with Crippen LogP contribution in [0.15, 0.2) is 24.3 Å². The lowest BCUT2D eigenvalue weighted by molar-refractivity contribution is -0.139. The molecule has 0 aromatic heterocycles. The summed E-state index contributed by atoms with van der Waals surface area (Å²) in [7, 11) is 0. The van der Waals surface area contributed by atoms with Crippen LogP contribution >= 0.6 is 0 Å². The summed E-state index contributed by atoms with van der Waals surface area (Å²) in [6, 6.07) is 7.15. The molecule has 0 bridgehead atoms. The van der Waals surface area contributed by atoms with E-state index in [1.165, 1.54) is 4.90 Å². The molecule has 28 heavy (non-hydrogen) atoms. The second-order valence-electron chi connectivity index (χ2n) is 7.02. The van der Waals surface area contributed by atoms with Crippen molar-refractivity contribution < 1.29 is 23.9 Å². The van der Waals surface area contributed by atoms with Gasteiger partial charge in [0.15, 0.2) is 0 Å². The third-order valence-electron chi connectivity index (χ3n) is 5.11. The zero-order valence-corrected chi connectivity index (χ0v) is 16.0. The highest BCUT2D eigenvalue weighted by Crippen LogP contribution is 2.21. The molecule has 0 aliphatic carbocycles. The number of benzene rings is 1. The van der Waals surface area contributed by atoms with Crippen LogP contribution in [0.1, 0.15) is 38.2 Å². The van der Waals surface area contributed by atoms with E-state index in [-0.39, 0.29) is 49.1 Å². The van der Waals surface area contributed by atoms with Crippen molar-refractivity contribution in [1.29, 1.82) is 0 Å². The minimum atomic E-state index is -0.327. The Balaban J connectivity index is 1.49. The van der Waals surface area contributed by atoms with Crippen LogP contribution in [0, 0.1) is 5.92 Å². The Morgan fingerprint density at radius 1 is 1.07 bits per heavy atom. The van der Waals surface area contributed by atoms with Gasteiger partial charge in [-0.3, -0.25) is 19.3 Å². The van der Waals surface area contributed by atoms with Crippen molar-refractivity contribution in [1.82, 2.24) is 9.80 Å². The maximum atomic E-state index is 12.5. The molecule has 8 nitrogen and oxygen atoms in total. The Morgan fingerprint density at radius 3 is 2.25 bits per heavy atom. The summed E-state index contributed by atoms with van der Waals surface area (Å²) in [5, 5.41) is 2.90. The van der Waals surface area contributed by atoms with Crippen LogP contribution < -0.4 is 5.32 Å². The molecule has 150 valence electrons. The molecule has 2 saturated heterocycles. The number of nitrogens with one attached hydrogen (secondary N) is 1. The number of carbonyl (C=O) groups is 4. The number of rotatable bonds is 5. The molecular weight excluding hydrogens is 362 g/mol. The Labute approximate surface area is 163 Å². The maximum Gasteiger partial charge on any atom is 0.409 e. The van der Waals surface area contributed by atoms with Crippen molar-refractivity contribution in [3.63, 3.8) is 0 Å².